The Kier molecular flexibility index (Phi) is 3.01. The minimum Gasteiger partial charge on any atom is -0.361 e. The Bertz CT molecular complexity index is 544. The van der Waals surface area contributed by atoms with E-state index < -0.39 is 6.03 Å². The highest BCUT2D eigenvalue weighted by molar-refractivity contribution is 5.93. The van der Waals surface area contributed by atoms with Gasteiger partial charge in [-0.3, -0.25) is 0 Å². The molecular weight excluding hydrogens is 216 g/mol. The van der Waals surface area contributed by atoms with Crippen molar-refractivity contribution in [2.24, 2.45) is 5.73 Å². The standard InChI is InChI=1S/C12H16N4O/c1-16(2)7-8-6-14-11-4-3-9(5-10(8)11)15-12(13)17/h3-6,14H,7H2,1-2H3,(H3,13,15,17). The van der Waals surface area contributed by atoms with E-state index in [-0.39, 0.29) is 0 Å². The van der Waals surface area contributed by atoms with Crippen LogP contribution < -0.4 is 11.1 Å². The van der Waals surface area contributed by atoms with Crippen LogP contribution in [0.3, 0.4) is 0 Å². The van der Waals surface area contributed by atoms with Crippen LogP contribution in [0.1, 0.15) is 5.56 Å². The van der Waals surface area contributed by atoms with Gasteiger partial charge in [0.25, 0.3) is 0 Å². The molecule has 1 aromatic heterocycles. The van der Waals surface area contributed by atoms with Crippen molar-refractivity contribution in [1.29, 1.82) is 0 Å². The number of carbonyl (C=O) groups is 1. The number of anilines is 1. The monoisotopic (exact) mass is 232 g/mol. The minimum atomic E-state index is -0.547. The number of nitrogens with two attached hydrogens (primary N) is 1. The number of nitrogens with zero attached hydrogens (tertiary/aromatic N) is 1. The van der Waals surface area contributed by atoms with Gasteiger partial charge in [-0.1, -0.05) is 0 Å². The molecule has 4 N–H and O–H groups in total. The van der Waals surface area contributed by atoms with E-state index in [1.54, 1.807) is 0 Å². The molecule has 0 aliphatic carbocycles. The molecule has 0 atom stereocenters. The van der Waals surface area contributed by atoms with Gasteiger partial charge in [0.15, 0.2) is 0 Å². The van der Waals surface area contributed by atoms with Gasteiger partial charge in [-0.2, -0.15) is 0 Å². The molecule has 2 amide bonds. The summed E-state index contributed by atoms with van der Waals surface area (Å²) in [7, 11) is 4.04. The number of benzene rings is 1. The van der Waals surface area contributed by atoms with Crippen LogP contribution in [0.4, 0.5) is 10.5 Å². The van der Waals surface area contributed by atoms with Crippen molar-refractivity contribution < 1.29 is 4.79 Å². The van der Waals surface area contributed by atoms with Crippen molar-refractivity contribution in [3.05, 3.63) is 30.0 Å². The van der Waals surface area contributed by atoms with Crippen LogP contribution >= 0.6 is 0 Å². The smallest absolute Gasteiger partial charge is 0.316 e. The van der Waals surface area contributed by atoms with Crippen molar-refractivity contribution in [3.8, 4) is 0 Å². The zero-order chi connectivity index (χ0) is 12.4. The number of aromatic amines is 1. The first-order valence-electron chi connectivity index (χ1n) is 5.37. The number of fused-ring (bicyclic) bond motifs is 1. The highest BCUT2D eigenvalue weighted by Gasteiger charge is 2.06. The highest BCUT2D eigenvalue weighted by Crippen LogP contribution is 2.23. The molecule has 0 saturated carbocycles. The van der Waals surface area contributed by atoms with Crippen molar-refractivity contribution in [1.82, 2.24) is 9.88 Å². The average Bonchev–Trinajstić information content (AvgIpc) is 2.59. The summed E-state index contributed by atoms with van der Waals surface area (Å²) in [6, 6.07) is 5.13. The third-order valence-corrected chi connectivity index (χ3v) is 2.52. The van der Waals surface area contributed by atoms with Crippen LogP contribution in [-0.4, -0.2) is 30.0 Å². The maximum atomic E-state index is 10.8. The van der Waals surface area contributed by atoms with Gasteiger partial charge in [0, 0.05) is 29.3 Å². The van der Waals surface area contributed by atoms with Crippen molar-refractivity contribution in [2.45, 2.75) is 6.54 Å². The highest BCUT2D eigenvalue weighted by atomic mass is 16.2. The lowest BCUT2D eigenvalue weighted by Crippen LogP contribution is -2.19. The number of carbonyl (C=O) groups excluding carboxylic acids is 1. The third kappa shape index (κ3) is 2.57. The molecule has 1 heterocycles. The number of urea groups is 1. The summed E-state index contributed by atoms with van der Waals surface area (Å²) in [5.74, 6) is 0. The summed E-state index contributed by atoms with van der Waals surface area (Å²) >= 11 is 0. The first kappa shape index (κ1) is 11.5. The number of rotatable bonds is 3. The second-order valence-corrected chi connectivity index (χ2v) is 4.30. The topological polar surface area (TPSA) is 74.2 Å². The molecule has 2 rings (SSSR count). The number of primary amides is 1. The molecule has 0 fully saturated rings. The molecule has 0 aliphatic heterocycles. The predicted molar refractivity (Wildman–Crippen MR) is 68.9 cm³/mol. The lowest BCUT2D eigenvalue weighted by molar-refractivity contribution is 0.259. The quantitative estimate of drug-likeness (QED) is 0.753. The summed E-state index contributed by atoms with van der Waals surface area (Å²) in [6.45, 7) is 0.847. The lowest BCUT2D eigenvalue weighted by atomic mass is 10.1. The van der Waals surface area contributed by atoms with E-state index in [2.05, 4.69) is 15.2 Å². The first-order valence-corrected chi connectivity index (χ1v) is 5.37. The molecule has 1 aromatic carbocycles. The van der Waals surface area contributed by atoms with Gasteiger partial charge in [0.1, 0.15) is 0 Å². The zero-order valence-electron chi connectivity index (χ0n) is 9.95. The maximum Gasteiger partial charge on any atom is 0.316 e. The van der Waals surface area contributed by atoms with Crippen LogP contribution in [0.2, 0.25) is 0 Å². The SMILES string of the molecule is CN(C)Cc1c[nH]c2ccc(NC(N)=O)cc12. The van der Waals surface area contributed by atoms with Crippen LogP contribution in [-0.2, 0) is 6.54 Å². The van der Waals surface area contributed by atoms with Gasteiger partial charge in [-0.25, -0.2) is 4.79 Å². The van der Waals surface area contributed by atoms with Crippen molar-refractivity contribution >= 4 is 22.6 Å². The van der Waals surface area contributed by atoms with Gasteiger partial charge in [-0.15, -0.1) is 0 Å². The van der Waals surface area contributed by atoms with Gasteiger partial charge >= 0.3 is 6.03 Å². The van der Waals surface area contributed by atoms with Crippen LogP contribution in [0.5, 0.6) is 0 Å². The second kappa shape index (κ2) is 4.47. The fourth-order valence-electron chi connectivity index (χ4n) is 1.87. The molecule has 2 aromatic rings. The molecule has 0 saturated heterocycles. The minimum absolute atomic E-state index is 0.547. The fraction of sp³-hybridized carbons (Fsp3) is 0.250. The van der Waals surface area contributed by atoms with E-state index >= 15 is 0 Å². The first-order chi connectivity index (χ1) is 8.06. The summed E-state index contributed by atoms with van der Waals surface area (Å²) in [6.07, 6.45) is 1.98. The number of aromatic nitrogens is 1. The van der Waals surface area contributed by atoms with Crippen LogP contribution in [0.15, 0.2) is 24.4 Å². The summed E-state index contributed by atoms with van der Waals surface area (Å²) in [5, 5.41) is 3.68. The predicted octanol–water partition coefficient (Wildman–Crippen LogP) is 1.72. The lowest BCUT2D eigenvalue weighted by Gasteiger charge is -2.08. The Morgan fingerprint density at radius 2 is 2.24 bits per heavy atom. The summed E-state index contributed by atoms with van der Waals surface area (Å²) in [4.78, 5) is 16.1. The maximum absolute atomic E-state index is 10.8. The molecule has 5 heteroatoms. The second-order valence-electron chi connectivity index (χ2n) is 4.30. The number of hydrogen-bond acceptors (Lipinski definition) is 2. The Balaban J connectivity index is 2.39. The fourth-order valence-corrected chi connectivity index (χ4v) is 1.87. The largest absolute Gasteiger partial charge is 0.361 e. The Hall–Kier alpha value is -2.01. The van der Waals surface area contributed by atoms with Crippen molar-refractivity contribution in [2.75, 3.05) is 19.4 Å². The Labute approximate surface area is 99.6 Å². The zero-order valence-corrected chi connectivity index (χ0v) is 9.95. The van der Waals surface area contributed by atoms with E-state index in [1.807, 2.05) is 38.5 Å². The molecule has 90 valence electrons. The molecule has 0 bridgehead atoms. The van der Waals surface area contributed by atoms with Gasteiger partial charge in [-0.05, 0) is 37.9 Å². The summed E-state index contributed by atoms with van der Waals surface area (Å²) < 4.78 is 0. The molecule has 5 nitrogen and oxygen atoms in total. The molecule has 0 unspecified atom stereocenters. The Morgan fingerprint density at radius 1 is 1.47 bits per heavy atom. The molecule has 17 heavy (non-hydrogen) atoms. The summed E-state index contributed by atoms with van der Waals surface area (Å²) in [5.41, 5.74) is 8.05. The average molecular weight is 232 g/mol. The molecular formula is C12H16N4O. The van der Waals surface area contributed by atoms with E-state index in [0.29, 0.717) is 5.69 Å². The number of H-pyrrole nitrogens is 1. The van der Waals surface area contributed by atoms with E-state index in [4.69, 9.17) is 5.73 Å². The normalized spacial score (nSPS) is 11.0. The van der Waals surface area contributed by atoms with E-state index in [1.165, 1.54) is 5.56 Å². The number of hydrogen-bond donors (Lipinski definition) is 3. The van der Waals surface area contributed by atoms with Gasteiger partial charge in [0.2, 0.25) is 0 Å². The number of amides is 2. The van der Waals surface area contributed by atoms with E-state index in [0.717, 1.165) is 17.4 Å². The van der Waals surface area contributed by atoms with Crippen LogP contribution in [0.25, 0.3) is 10.9 Å². The number of nitrogens with one attached hydrogen (secondary N) is 2. The molecule has 0 spiro atoms. The van der Waals surface area contributed by atoms with Gasteiger partial charge in [0.05, 0.1) is 0 Å². The van der Waals surface area contributed by atoms with Crippen LogP contribution in [0, 0.1) is 0 Å². The Morgan fingerprint density at radius 3 is 2.88 bits per heavy atom. The molecule has 0 aliphatic rings. The third-order valence-electron chi connectivity index (χ3n) is 2.52. The van der Waals surface area contributed by atoms with Crippen molar-refractivity contribution in [3.63, 3.8) is 0 Å². The van der Waals surface area contributed by atoms with E-state index in [9.17, 15) is 4.79 Å². The van der Waals surface area contributed by atoms with Gasteiger partial charge < -0.3 is 20.9 Å². The molecule has 0 radical (unpaired) electrons.